The predicted octanol–water partition coefficient (Wildman–Crippen LogP) is 5.35. The summed E-state index contributed by atoms with van der Waals surface area (Å²) in [5, 5.41) is 12.4. The molecule has 7 nitrogen and oxygen atoms in total. The van der Waals surface area contributed by atoms with E-state index in [1.165, 1.54) is 34.1 Å². The lowest BCUT2D eigenvalue weighted by molar-refractivity contribution is -0.144. The normalized spacial score (nSPS) is 19.0. The van der Waals surface area contributed by atoms with Crippen LogP contribution in [0.1, 0.15) is 30.1 Å². The topological polar surface area (TPSA) is 85.8 Å². The van der Waals surface area contributed by atoms with Crippen LogP contribution in [-0.2, 0) is 11.0 Å². The van der Waals surface area contributed by atoms with Gasteiger partial charge in [0.15, 0.2) is 11.6 Å². The van der Waals surface area contributed by atoms with E-state index in [-0.39, 0.29) is 24.7 Å². The standard InChI is InChI=1S/C26H22F4N4O3/c27-19-8-7-18(15-21(19)35)34-22(20-6-1-2-11-31-20)25(23(34)36)9-12-33(13-10-25)24(37)32-17-5-3-4-16(14-17)26(28,29)30/h1-8,11,14-15,22,35H,9-10,12-13H2,(H,32,37). The number of aromatic nitrogens is 1. The Balaban J connectivity index is 1.34. The van der Waals surface area contributed by atoms with Crippen LogP contribution in [0.3, 0.4) is 0 Å². The van der Waals surface area contributed by atoms with E-state index in [4.69, 9.17) is 0 Å². The van der Waals surface area contributed by atoms with Crippen molar-refractivity contribution < 1.29 is 32.3 Å². The third kappa shape index (κ3) is 4.34. The number of phenolic OH excluding ortho intramolecular Hbond substituents is 1. The lowest BCUT2D eigenvalue weighted by Crippen LogP contribution is -2.67. The van der Waals surface area contributed by atoms with Crippen LogP contribution in [-0.4, -0.2) is 40.0 Å². The first-order chi connectivity index (χ1) is 17.6. The number of rotatable bonds is 3. The molecule has 1 aromatic heterocycles. The second kappa shape index (κ2) is 9.06. The van der Waals surface area contributed by atoms with Gasteiger partial charge >= 0.3 is 12.2 Å². The fourth-order valence-electron chi connectivity index (χ4n) is 5.10. The summed E-state index contributed by atoms with van der Waals surface area (Å²) in [5.74, 6) is -1.61. The highest BCUT2D eigenvalue weighted by Crippen LogP contribution is 2.57. The summed E-state index contributed by atoms with van der Waals surface area (Å²) in [6.45, 7) is 0.394. The number of pyridine rings is 1. The zero-order valence-electron chi connectivity index (χ0n) is 19.4. The van der Waals surface area contributed by atoms with Gasteiger partial charge in [-0.2, -0.15) is 13.2 Å². The van der Waals surface area contributed by atoms with E-state index in [1.807, 2.05) is 0 Å². The van der Waals surface area contributed by atoms with Gasteiger partial charge in [0.25, 0.3) is 0 Å². The Hall–Kier alpha value is -4.15. The van der Waals surface area contributed by atoms with Crippen molar-refractivity contribution in [2.24, 2.45) is 5.41 Å². The molecule has 2 aliphatic heterocycles. The van der Waals surface area contributed by atoms with Gasteiger partial charge in [-0.15, -0.1) is 0 Å². The number of β-lactam (4-membered cyclic amide) rings is 1. The molecule has 3 amide bonds. The Morgan fingerprint density at radius 3 is 2.46 bits per heavy atom. The van der Waals surface area contributed by atoms with Crippen LogP contribution in [0, 0.1) is 11.2 Å². The molecule has 1 atom stereocenters. The molecule has 5 rings (SSSR count). The first-order valence-electron chi connectivity index (χ1n) is 11.6. The van der Waals surface area contributed by atoms with Gasteiger partial charge in [0.05, 0.1) is 22.7 Å². The molecule has 2 aliphatic rings. The van der Waals surface area contributed by atoms with Gasteiger partial charge in [-0.3, -0.25) is 9.78 Å². The summed E-state index contributed by atoms with van der Waals surface area (Å²) in [4.78, 5) is 33.7. The zero-order chi connectivity index (χ0) is 26.4. The van der Waals surface area contributed by atoms with Crippen molar-refractivity contribution in [1.29, 1.82) is 0 Å². The van der Waals surface area contributed by atoms with Crippen molar-refractivity contribution in [3.63, 3.8) is 0 Å². The lowest BCUT2D eigenvalue weighted by Gasteiger charge is -2.58. The quantitative estimate of drug-likeness (QED) is 0.365. The van der Waals surface area contributed by atoms with Crippen molar-refractivity contribution in [3.8, 4) is 5.75 Å². The van der Waals surface area contributed by atoms with E-state index in [2.05, 4.69) is 10.3 Å². The number of carbonyl (C=O) groups is 2. The summed E-state index contributed by atoms with van der Waals surface area (Å²) in [5.41, 5.74) is -0.769. The van der Waals surface area contributed by atoms with E-state index in [9.17, 15) is 32.3 Å². The number of anilines is 2. The number of nitrogens with one attached hydrogen (secondary N) is 1. The van der Waals surface area contributed by atoms with Gasteiger partial charge in [0, 0.05) is 36.7 Å². The molecular formula is C26H22F4N4O3. The molecule has 3 aromatic rings. The molecule has 0 aliphatic carbocycles. The minimum atomic E-state index is -4.53. The number of amides is 3. The molecule has 2 saturated heterocycles. The molecule has 11 heteroatoms. The highest BCUT2D eigenvalue weighted by molar-refractivity contribution is 6.06. The Morgan fingerprint density at radius 1 is 1.05 bits per heavy atom. The van der Waals surface area contributed by atoms with E-state index in [1.54, 1.807) is 24.4 Å². The van der Waals surface area contributed by atoms with E-state index < -0.39 is 40.8 Å². The Kier molecular flexibility index (Phi) is 6.01. The van der Waals surface area contributed by atoms with Crippen molar-refractivity contribution in [2.45, 2.75) is 25.1 Å². The summed E-state index contributed by atoms with van der Waals surface area (Å²) in [6, 6.07) is 12.3. The Labute approximate surface area is 209 Å². The van der Waals surface area contributed by atoms with Gasteiger partial charge in [-0.05, 0) is 55.3 Å². The zero-order valence-corrected chi connectivity index (χ0v) is 19.4. The van der Waals surface area contributed by atoms with Crippen molar-refractivity contribution in [3.05, 3.63) is 83.9 Å². The van der Waals surface area contributed by atoms with Crippen LogP contribution in [0.5, 0.6) is 5.75 Å². The molecule has 2 N–H and O–H groups in total. The summed E-state index contributed by atoms with van der Waals surface area (Å²) >= 11 is 0. The summed E-state index contributed by atoms with van der Waals surface area (Å²) in [6.07, 6.45) is -2.33. The van der Waals surface area contributed by atoms with E-state index >= 15 is 0 Å². The van der Waals surface area contributed by atoms with Gasteiger partial charge < -0.3 is 20.2 Å². The third-order valence-electron chi connectivity index (χ3n) is 6.99. The number of hydrogen-bond donors (Lipinski definition) is 2. The highest BCUT2D eigenvalue weighted by Gasteiger charge is 2.62. The SMILES string of the molecule is O=C(Nc1cccc(C(F)(F)F)c1)N1CCC2(CC1)C(=O)N(c1ccc(F)c(O)c1)C2c1ccccn1. The average Bonchev–Trinajstić information content (AvgIpc) is 2.89. The predicted molar refractivity (Wildman–Crippen MR) is 126 cm³/mol. The number of halogens is 4. The number of alkyl halides is 3. The molecule has 0 saturated carbocycles. The number of hydrogen-bond acceptors (Lipinski definition) is 4. The number of nitrogens with zero attached hydrogens (tertiary/aromatic N) is 3. The number of phenols is 1. The first-order valence-corrected chi connectivity index (χ1v) is 11.6. The van der Waals surface area contributed by atoms with Gasteiger partial charge in [-0.1, -0.05) is 12.1 Å². The van der Waals surface area contributed by atoms with Crippen LogP contribution in [0.25, 0.3) is 0 Å². The highest BCUT2D eigenvalue weighted by atomic mass is 19.4. The Morgan fingerprint density at radius 2 is 1.81 bits per heavy atom. The molecular weight excluding hydrogens is 492 g/mol. The fraction of sp³-hybridized carbons (Fsp3) is 0.269. The lowest BCUT2D eigenvalue weighted by atomic mass is 9.63. The third-order valence-corrected chi connectivity index (χ3v) is 6.99. The Bertz CT molecular complexity index is 1340. The molecule has 0 radical (unpaired) electrons. The number of carbonyl (C=O) groups excluding carboxylic acids is 2. The van der Waals surface area contributed by atoms with E-state index in [0.717, 1.165) is 18.2 Å². The number of benzene rings is 2. The second-order valence-corrected chi connectivity index (χ2v) is 9.12. The average molecular weight is 514 g/mol. The second-order valence-electron chi connectivity index (χ2n) is 9.12. The fourth-order valence-corrected chi connectivity index (χ4v) is 5.10. The molecule has 2 aromatic carbocycles. The van der Waals surface area contributed by atoms with Crippen LogP contribution >= 0.6 is 0 Å². The minimum Gasteiger partial charge on any atom is -0.505 e. The van der Waals surface area contributed by atoms with Gasteiger partial charge in [-0.25, -0.2) is 9.18 Å². The van der Waals surface area contributed by atoms with E-state index in [0.29, 0.717) is 24.2 Å². The summed E-state index contributed by atoms with van der Waals surface area (Å²) in [7, 11) is 0. The monoisotopic (exact) mass is 514 g/mol. The smallest absolute Gasteiger partial charge is 0.416 e. The maximum absolute atomic E-state index is 13.6. The van der Waals surface area contributed by atoms with Crippen molar-refractivity contribution >= 4 is 23.3 Å². The van der Waals surface area contributed by atoms with Crippen molar-refractivity contribution in [1.82, 2.24) is 9.88 Å². The first kappa shape index (κ1) is 24.5. The largest absolute Gasteiger partial charge is 0.505 e. The molecule has 1 spiro atoms. The molecule has 0 bridgehead atoms. The maximum atomic E-state index is 13.6. The minimum absolute atomic E-state index is 0.0217. The van der Waals surface area contributed by atoms with Crippen LogP contribution in [0.2, 0.25) is 0 Å². The van der Waals surface area contributed by atoms with Gasteiger partial charge in [0.2, 0.25) is 5.91 Å². The molecule has 3 heterocycles. The number of piperidine rings is 1. The molecule has 1 unspecified atom stereocenters. The van der Waals surface area contributed by atoms with Crippen molar-refractivity contribution in [2.75, 3.05) is 23.3 Å². The van der Waals surface area contributed by atoms with Crippen LogP contribution in [0.4, 0.5) is 33.7 Å². The number of urea groups is 1. The molecule has 2 fully saturated rings. The van der Waals surface area contributed by atoms with Crippen LogP contribution in [0.15, 0.2) is 66.9 Å². The summed E-state index contributed by atoms with van der Waals surface area (Å²) < 4.78 is 52.7. The number of aromatic hydroxyl groups is 1. The van der Waals surface area contributed by atoms with Crippen LogP contribution < -0.4 is 10.2 Å². The van der Waals surface area contributed by atoms with Gasteiger partial charge in [0.1, 0.15) is 0 Å². The number of likely N-dealkylation sites (tertiary alicyclic amines) is 1. The maximum Gasteiger partial charge on any atom is 0.416 e. The molecule has 37 heavy (non-hydrogen) atoms. The molecule has 192 valence electrons.